The van der Waals surface area contributed by atoms with Crippen molar-refractivity contribution in [2.24, 2.45) is 5.92 Å². The number of rotatable bonds is 3. The molecule has 2 aliphatic rings. The van der Waals surface area contributed by atoms with Gasteiger partial charge in [-0.05, 0) is 25.8 Å². The van der Waals surface area contributed by atoms with Crippen LogP contribution in [0.5, 0.6) is 0 Å². The molecule has 1 saturated carbocycles. The first-order chi connectivity index (χ1) is 8.20. The zero-order valence-electron chi connectivity index (χ0n) is 11.5. The number of likely N-dealkylation sites (tertiary alicyclic amines) is 1. The second-order valence-corrected chi connectivity index (χ2v) is 6.07. The van der Waals surface area contributed by atoms with Gasteiger partial charge in [0.25, 0.3) is 0 Å². The van der Waals surface area contributed by atoms with E-state index in [-0.39, 0.29) is 0 Å². The number of ketones is 1. The van der Waals surface area contributed by atoms with Crippen molar-refractivity contribution in [3.63, 3.8) is 0 Å². The van der Waals surface area contributed by atoms with Crippen LogP contribution in [0.2, 0.25) is 0 Å². The standard InChI is InChI=1S/C15H27NO/c1-3-13-10-15(17)11-14(16(13)2)9-12-7-5-4-6-8-12/h12-14H,3-11H2,1-2H3. The Labute approximate surface area is 106 Å². The smallest absolute Gasteiger partial charge is 0.136 e. The lowest BCUT2D eigenvalue weighted by molar-refractivity contribution is -0.125. The third kappa shape index (κ3) is 3.31. The van der Waals surface area contributed by atoms with Crippen LogP contribution in [0, 0.1) is 5.92 Å². The van der Waals surface area contributed by atoms with Crippen molar-refractivity contribution in [3.8, 4) is 0 Å². The van der Waals surface area contributed by atoms with Crippen molar-refractivity contribution in [1.82, 2.24) is 4.90 Å². The quantitative estimate of drug-likeness (QED) is 0.750. The second kappa shape index (κ2) is 5.99. The largest absolute Gasteiger partial charge is 0.300 e. The number of hydrogen-bond acceptors (Lipinski definition) is 2. The van der Waals surface area contributed by atoms with Crippen molar-refractivity contribution in [3.05, 3.63) is 0 Å². The van der Waals surface area contributed by atoms with E-state index >= 15 is 0 Å². The zero-order chi connectivity index (χ0) is 12.3. The van der Waals surface area contributed by atoms with E-state index in [1.807, 2.05) is 0 Å². The summed E-state index contributed by atoms with van der Waals surface area (Å²) in [5.74, 6) is 1.38. The molecule has 1 aliphatic heterocycles. The highest BCUT2D eigenvalue weighted by molar-refractivity contribution is 5.80. The first kappa shape index (κ1) is 13.1. The molecule has 17 heavy (non-hydrogen) atoms. The lowest BCUT2D eigenvalue weighted by Crippen LogP contribution is -2.47. The number of carbonyl (C=O) groups is 1. The molecule has 0 radical (unpaired) electrons. The third-order valence-electron chi connectivity index (χ3n) is 4.88. The molecule has 2 fully saturated rings. The first-order valence-electron chi connectivity index (χ1n) is 7.44. The van der Waals surface area contributed by atoms with Gasteiger partial charge in [0.2, 0.25) is 0 Å². The summed E-state index contributed by atoms with van der Waals surface area (Å²) in [6.45, 7) is 2.21. The molecular formula is C15H27NO. The minimum Gasteiger partial charge on any atom is -0.300 e. The molecule has 2 rings (SSSR count). The highest BCUT2D eigenvalue weighted by Gasteiger charge is 2.32. The lowest BCUT2D eigenvalue weighted by Gasteiger charge is -2.40. The molecule has 0 aromatic carbocycles. The predicted molar refractivity (Wildman–Crippen MR) is 71.1 cm³/mol. The molecule has 1 aliphatic carbocycles. The fraction of sp³-hybridized carbons (Fsp3) is 0.933. The monoisotopic (exact) mass is 237 g/mol. The topological polar surface area (TPSA) is 20.3 Å². The van der Waals surface area contributed by atoms with Crippen molar-refractivity contribution >= 4 is 5.78 Å². The van der Waals surface area contributed by atoms with Crippen LogP contribution in [0.4, 0.5) is 0 Å². The average molecular weight is 237 g/mol. The van der Waals surface area contributed by atoms with Gasteiger partial charge in [0.05, 0.1) is 0 Å². The lowest BCUT2D eigenvalue weighted by atomic mass is 9.81. The van der Waals surface area contributed by atoms with Gasteiger partial charge in [-0.1, -0.05) is 39.0 Å². The minimum atomic E-state index is 0.496. The van der Waals surface area contributed by atoms with E-state index in [9.17, 15) is 4.79 Å². The molecule has 2 unspecified atom stereocenters. The first-order valence-corrected chi connectivity index (χ1v) is 7.44. The van der Waals surface area contributed by atoms with Gasteiger partial charge in [0.15, 0.2) is 0 Å². The van der Waals surface area contributed by atoms with Crippen LogP contribution in [0.25, 0.3) is 0 Å². The Bertz CT molecular complexity index is 258. The maximum Gasteiger partial charge on any atom is 0.136 e. The van der Waals surface area contributed by atoms with Gasteiger partial charge in [0.1, 0.15) is 5.78 Å². The molecule has 2 atom stereocenters. The summed E-state index contributed by atoms with van der Waals surface area (Å²) >= 11 is 0. The molecule has 1 heterocycles. The van der Waals surface area contributed by atoms with Crippen molar-refractivity contribution < 1.29 is 4.79 Å². The average Bonchev–Trinajstić information content (AvgIpc) is 2.34. The Kier molecular flexibility index (Phi) is 4.61. The fourth-order valence-electron chi connectivity index (χ4n) is 3.68. The molecule has 98 valence electrons. The van der Waals surface area contributed by atoms with E-state index in [0.717, 1.165) is 25.2 Å². The maximum absolute atomic E-state index is 11.8. The van der Waals surface area contributed by atoms with E-state index < -0.39 is 0 Å². The Morgan fingerprint density at radius 3 is 2.41 bits per heavy atom. The predicted octanol–water partition coefficient (Wildman–Crippen LogP) is 3.40. The molecule has 2 heteroatoms. The number of hydrogen-bond donors (Lipinski definition) is 0. The van der Waals surface area contributed by atoms with Crippen LogP contribution >= 0.6 is 0 Å². The molecule has 0 spiro atoms. The molecule has 0 aromatic rings. The van der Waals surface area contributed by atoms with E-state index in [2.05, 4.69) is 18.9 Å². The van der Waals surface area contributed by atoms with Crippen LogP contribution in [0.1, 0.15) is 64.7 Å². The summed E-state index contributed by atoms with van der Waals surface area (Å²) < 4.78 is 0. The summed E-state index contributed by atoms with van der Waals surface area (Å²) in [6, 6.07) is 1.04. The van der Waals surface area contributed by atoms with Gasteiger partial charge >= 0.3 is 0 Å². The number of nitrogens with zero attached hydrogens (tertiary/aromatic N) is 1. The Hall–Kier alpha value is -0.370. The Balaban J connectivity index is 1.91. The number of carbonyl (C=O) groups excluding carboxylic acids is 1. The Morgan fingerprint density at radius 1 is 1.12 bits per heavy atom. The van der Waals surface area contributed by atoms with Gasteiger partial charge in [-0.25, -0.2) is 0 Å². The Morgan fingerprint density at radius 2 is 1.76 bits per heavy atom. The summed E-state index contributed by atoms with van der Waals surface area (Å²) in [4.78, 5) is 14.3. The van der Waals surface area contributed by atoms with Crippen LogP contribution in [-0.2, 0) is 4.79 Å². The molecule has 2 nitrogen and oxygen atoms in total. The normalized spacial score (nSPS) is 32.9. The second-order valence-electron chi connectivity index (χ2n) is 6.07. The van der Waals surface area contributed by atoms with Crippen LogP contribution in [0.15, 0.2) is 0 Å². The molecular weight excluding hydrogens is 210 g/mol. The van der Waals surface area contributed by atoms with Crippen molar-refractivity contribution in [2.75, 3.05) is 7.05 Å². The third-order valence-corrected chi connectivity index (χ3v) is 4.88. The van der Waals surface area contributed by atoms with Crippen molar-refractivity contribution in [1.29, 1.82) is 0 Å². The van der Waals surface area contributed by atoms with E-state index in [1.165, 1.54) is 38.5 Å². The van der Waals surface area contributed by atoms with E-state index in [0.29, 0.717) is 17.9 Å². The SMILES string of the molecule is CCC1CC(=O)CC(CC2CCCCC2)N1C. The van der Waals surface area contributed by atoms with Crippen molar-refractivity contribution in [2.45, 2.75) is 76.8 Å². The van der Waals surface area contributed by atoms with Crippen LogP contribution < -0.4 is 0 Å². The number of piperidine rings is 1. The summed E-state index contributed by atoms with van der Waals surface area (Å²) in [7, 11) is 2.23. The van der Waals surface area contributed by atoms with Gasteiger partial charge in [-0.2, -0.15) is 0 Å². The van der Waals surface area contributed by atoms with Crippen LogP contribution in [-0.4, -0.2) is 29.8 Å². The van der Waals surface area contributed by atoms with Gasteiger partial charge in [-0.3, -0.25) is 9.69 Å². The van der Waals surface area contributed by atoms with Gasteiger partial charge < -0.3 is 0 Å². The number of Topliss-reactive ketones (excluding diaryl/α,β-unsaturated/α-hetero) is 1. The summed E-state index contributed by atoms with van der Waals surface area (Å²) in [6.07, 6.45) is 11.0. The molecule has 1 saturated heterocycles. The fourth-order valence-corrected chi connectivity index (χ4v) is 3.68. The molecule has 0 N–H and O–H groups in total. The molecule has 0 amide bonds. The highest BCUT2D eigenvalue weighted by atomic mass is 16.1. The van der Waals surface area contributed by atoms with E-state index in [4.69, 9.17) is 0 Å². The molecule has 0 aromatic heterocycles. The highest BCUT2D eigenvalue weighted by Crippen LogP contribution is 2.32. The zero-order valence-corrected chi connectivity index (χ0v) is 11.5. The summed E-state index contributed by atoms with van der Waals surface area (Å²) in [5.41, 5.74) is 0. The van der Waals surface area contributed by atoms with Crippen LogP contribution in [0.3, 0.4) is 0 Å². The van der Waals surface area contributed by atoms with Gasteiger partial charge in [0, 0.05) is 24.9 Å². The maximum atomic E-state index is 11.8. The van der Waals surface area contributed by atoms with Gasteiger partial charge in [-0.15, -0.1) is 0 Å². The van der Waals surface area contributed by atoms with E-state index in [1.54, 1.807) is 0 Å². The molecule has 0 bridgehead atoms. The minimum absolute atomic E-state index is 0.496. The summed E-state index contributed by atoms with van der Waals surface area (Å²) in [5, 5.41) is 0.